The lowest BCUT2D eigenvalue weighted by Crippen LogP contribution is -2.25. The van der Waals surface area contributed by atoms with E-state index in [1.54, 1.807) is 12.1 Å². The molecular formula is C24H33N3O4S. The van der Waals surface area contributed by atoms with Gasteiger partial charge in [-0.15, -0.1) is 0 Å². The van der Waals surface area contributed by atoms with Gasteiger partial charge in [-0.05, 0) is 74.0 Å². The zero-order valence-corrected chi connectivity index (χ0v) is 20.0. The largest absolute Gasteiger partial charge is 0.479 e. The number of likely N-dealkylation sites (N-methyl/N-ethyl adjacent to an activating group) is 1. The number of benzene rings is 1. The Kier molecular flexibility index (Phi) is 7.02. The molecule has 0 unspecified atom stereocenters. The molecule has 1 aromatic heterocycles. The van der Waals surface area contributed by atoms with E-state index in [0.29, 0.717) is 11.6 Å². The van der Waals surface area contributed by atoms with Crippen molar-refractivity contribution in [3.63, 3.8) is 0 Å². The van der Waals surface area contributed by atoms with Crippen molar-refractivity contribution in [2.75, 3.05) is 38.1 Å². The summed E-state index contributed by atoms with van der Waals surface area (Å²) in [4.78, 5) is 7.24. The Morgan fingerprint density at radius 2 is 2.03 bits per heavy atom. The van der Waals surface area contributed by atoms with Crippen LogP contribution in [0.2, 0.25) is 0 Å². The molecule has 0 radical (unpaired) electrons. The van der Waals surface area contributed by atoms with E-state index in [0.717, 1.165) is 80.7 Å². The van der Waals surface area contributed by atoms with Gasteiger partial charge < -0.3 is 14.4 Å². The minimum absolute atomic E-state index is 0.0463. The molecule has 0 bridgehead atoms. The van der Waals surface area contributed by atoms with Gasteiger partial charge in [0, 0.05) is 31.8 Å². The van der Waals surface area contributed by atoms with E-state index in [2.05, 4.69) is 21.5 Å². The standard InChI is InChI=1S/C24H33N3O4S/c1-4-27-12-10-18-16-22(24(30-3)25-21(18)11-13-27)26-32(28,29)19-8-9-20(17(2)15-19)23-7-5-6-14-31-23/h8-9,15-16,23,26H,4-7,10-14H2,1-3H3/t23-/m1/s1. The van der Waals surface area contributed by atoms with Gasteiger partial charge in [-0.25, -0.2) is 13.4 Å². The molecule has 32 heavy (non-hydrogen) atoms. The lowest BCUT2D eigenvalue weighted by molar-refractivity contribution is 0.0145. The number of aryl methyl sites for hydroxylation is 1. The lowest BCUT2D eigenvalue weighted by atomic mass is 9.97. The van der Waals surface area contributed by atoms with Crippen LogP contribution < -0.4 is 9.46 Å². The quantitative estimate of drug-likeness (QED) is 0.707. The summed E-state index contributed by atoms with van der Waals surface area (Å²) in [6, 6.07) is 7.14. The number of nitrogens with one attached hydrogen (secondary N) is 1. The highest BCUT2D eigenvalue weighted by molar-refractivity contribution is 7.92. The van der Waals surface area contributed by atoms with Crippen molar-refractivity contribution in [3.8, 4) is 5.88 Å². The third-order valence-corrected chi connectivity index (χ3v) is 7.84. The van der Waals surface area contributed by atoms with Crippen LogP contribution in [0.15, 0.2) is 29.2 Å². The fourth-order valence-corrected chi connectivity index (χ4v) is 5.71. The van der Waals surface area contributed by atoms with E-state index in [4.69, 9.17) is 9.47 Å². The molecule has 0 amide bonds. The fraction of sp³-hybridized carbons (Fsp3) is 0.542. The number of rotatable bonds is 6. The zero-order chi connectivity index (χ0) is 22.7. The molecule has 2 aliphatic rings. The van der Waals surface area contributed by atoms with Gasteiger partial charge in [-0.1, -0.05) is 13.0 Å². The number of nitrogens with zero attached hydrogens (tertiary/aromatic N) is 2. The van der Waals surface area contributed by atoms with Crippen LogP contribution in [-0.4, -0.2) is 51.7 Å². The minimum Gasteiger partial charge on any atom is -0.479 e. The van der Waals surface area contributed by atoms with E-state index < -0.39 is 10.0 Å². The molecule has 2 aromatic rings. The summed E-state index contributed by atoms with van der Waals surface area (Å²) in [6.45, 7) is 7.72. The maximum absolute atomic E-state index is 13.2. The molecule has 8 heteroatoms. The molecule has 0 aliphatic carbocycles. The zero-order valence-electron chi connectivity index (χ0n) is 19.2. The van der Waals surface area contributed by atoms with Crippen molar-refractivity contribution in [2.45, 2.75) is 57.0 Å². The number of pyridine rings is 1. The number of hydrogen-bond acceptors (Lipinski definition) is 6. The minimum atomic E-state index is -3.79. The summed E-state index contributed by atoms with van der Waals surface area (Å²) >= 11 is 0. The molecule has 1 fully saturated rings. The van der Waals surface area contributed by atoms with Gasteiger partial charge in [0.25, 0.3) is 10.0 Å². The molecule has 1 N–H and O–H groups in total. The van der Waals surface area contributed by atoms with Crippen LogP contribution in [0.4, 0.5) is 5.69 Å². The van der Waals surface area contributed by atoms with E-state index in [9.17, 15) is 8.42 Å². The summed E-state index contributed by atoms with van der Waals surface area (Å²) in [5.41, 5.74) is 4.42. The average molecular weight is 460 g/mol. The molecule has 0 spiro atoms. The highest BCUT2D eigenvalue weighted by atomic mass is 32.2. The van der Waals surface area contributed by atoms with Gasteiger partial charge in [-0.2, -0.15) is 0 Å². The van der Waals surface area contributed by atoms with Crippen LogP contribution in [0, 0.1) is 6.92 Å². The Bertz CT molecular complexity index is 1070. The number of anilines is 1. The molecule has 4 rings (SSSR count). The Labute approximate surface area is 191 Å². The Morgan fingerprint density at radius 3 is 2.72 bits per heavy atom. The van der Waals surface area contributed by atoms with Gasteiger partial charge in [-0.3, -0.25) is 4.72 Å². The van der Waals surface area contributed by atoms with Gasteiger partial charge in [0.15, 0.2) is 0 Å². The third kappa shape index (κ3) is 4.92. The highest BCUT2D eigenvalue weighted by Gasteiger charge is 2.24. The van der Waals surface area contributed by atoms with E-state index in [-0.39, 0.29) is 11.0 Å². The molecule has 1 atom stereocenters. The van der Waals surface area contributed by atoms with Crippen molar-refractivity contribution in [2.24, 2.45) is 0 Å². The second-order valence-corrected chi connectivity index (χ2v) is 10.2. The molecular weight excluding hydrogens is 426 g/mol. The maximum Gasteiger partial charge on any atom is 0.262 e. The molecule has 174 valence electrons. The summed E-state index contributed by atoms with van der Waals surface area (Å²) in [7, 11) is -2.27. The highest BCUT2D eigenvalue weighted by Crippen LogP contribution is 2.33. The fourth-order valence-electron chi connectivity index (χ4n) is 4.57. The topological polar surface area (TPSA) is 80.8 Å². The van der Waals surface area contributed by atoms with Crippen LogP contribution in [0.25, 0.3) is 0 Å². The van der Waals surface area contributed by atoms with Crippen LogP contribution in [0.1, 0.15) is 54.7 Å². The molecule has 1 aromatic carbocycles. The Hall–Kier alpha value is -2.16. The summed E-state index contributed by atoms with van der Waals surface area (Å²) < 4.78 is 40.5. The van der Waals surface area contributed by atoms with Crippen molar-refractivity contribution >= 4 is 15.7 Å². The first-order valence-corrected chi connectivity index (χ1v) is 12.9. The first-order valence-electron chi connectivity index (χ1n) is 11.5. The number of aromatic nitrogens is 1. The maximum atomic E-state index is 13.2. The van der Waals surface area contributed by atoms with Crippen molar-refractivity contribution < 1.29 is 17.9 Å². The monoisotopic (exact) mass is 459 g/mol. The van der Waals surface area contributed by atoms with Gasteiger partial charge in [0.2, 0.25) is 5.88 Å². The number of fused-ring (bicyclic) bond motifs is 1. The van der Waals surface area contributed by atoms with Gasteiger partial charge in [0.1, 0.15) is 5.69 Å². The molecule has 0 saturated carbocycles. The van der Waals surface area contributed by atoms with Gasteiger partial charge >= 0.3 is 0 Å². The second kappa shape index (κ2) is 9.77. The smallest absolute Gasteiger partial charge is 0.262 e. The van der Waals surface area contributed by atoms with Crippen LogP contribution in [-0.2, 0) is 27.6 Å². The number of sulfonamides is 1. The summed E-state index contributed by atoms with van der Waals surface area (Å²) in [5.74, 6) is 0.307. The predicted octanol–water partition coefficient (Wildman–Crippen LogP) is 3.86. The summed E-state index contributed by atoms with van der Waals surface area (Å²) in [5, 5.41) is 0. The number of methoxy groups -OCH3 is 1. The number of ether oxygens (including phenoxy) is 2. The molecule has 2 aliphatic heterocycles. The van der Waals surface area contributed by atoms with Crippen molar-refractivity contribution in [1.29, 1.82) is 0 Å². The predicted molar refractivity (Wildman–Crippen MR) is 125 cm³/mol. The van der Waals surface area contributed by atoms with Crippen LogP contribution in [0.3, 0.4) is 0 Å². The average Bonchev–Trinajstić information content (AvgIpc) is 3.00. The molecule has 3 heterocycles. The Morgan fingerprint density at radius 1 is 1.22 bits per heavy atom. The first-order chi connectivity index (χ1) is 15.4. The Balaban J connectivity index is 1.59. The SMILES string of the molecule is CCN1CCc2cc(NS(=O)(=O)c3ccc([C@H]4CCCCO4)c(C)c3)c(OC)nc2CC1. The van der Waals surface area contributed by atoms with E-state index in [1.807, 2.05) is 19.1 Å². The van der Waals surface area contributed by atoms with Crippen LogP contribution in [0.5, 0.6) is 5.88 Å². The molecule has 1 saturated heterocycles. The number of hydrogen-bond donors (Lipinski definition) is 1. The van der Waals surface area contributed by atoms with Crippen LogP contribution >= 0.6 is 0 Å². The van der Waals surface area contributed by atoms with Crippen molar-refractivity contribution in [1.82, 2.24) is 9.88 Å². The van der Waals surface area contributed by atoms with Gasteiger partial charge in [0.05, 0.1) is 18.1 Å². The lowest BCUT2D eigenvalue weighted by Gasteiger charge is -2.24. The second-order valence-electron chi connectivity index (χ2n) is 8.56. The van der Waals surface area contributed by atoms with E-state index in [1.165, 1.54) is 7.11 Å². The normalized spacial score (nSPS) is 19.8. The summed E-state index contributed by atoms with van der Waals surface area (Å²) in [6.07, 6.45) is 4.90. The molecule has 7 nitrogen and oxygen atoms in total. The van der Waals surface area contributed by atoms with E-state index >= 15 is 0 Å². The van der Waals surface area contributed by atoms with Crippen molar-refractivity contribution in [3.05, 3.63) is 46.6 Å². The third-order valence-electron chi connectivity index (χ3n) is 6.48. The first kappa shape index (κ1) is 23.0.